The van der Waals surface area contributed by atoms with Crippen LogP contribution in [0.1, 0.15) is 19.3 Å². The van der Waals surface area contributed by atoms with E-state index in [0.717, 1.165) is 25.9 Å². The highest BCUT2D eigenvalue weighted by molar-refractivity contribution is 4.80. The molecular formula is C9H21N3. The number of hydrogen-bond acceptors (Lipinski definition) is 3. The molecule has 1 rings (SSSR count). The van der Waals surface area contributed by atoms with Crippen LogP contribution in [-0.2, 0) is 0 Å². The second kappa shape index (κ2) is 4.80. The minimum Gasteiger partial charge on any atom is -0.328 e. The van der Waals surface area contributed by atoms with Gasteiger partial charge in [-0.2, -0.15) is 0 Å². The van der Waals surface area contributed by atoms with Crippen LogP contribution in [0.2, 0.25) is 0 Å². The SMILES string of the molecule is CN(C)CC[C@@H]1C[C@@H](N)CCN1. The molecule has 0 saturated carbocycles. The van der Waals surface area contributed by atoms with Crippen LogP contribution in [0.5, 0.6) is 0 Å². The molecule has 0 unspecified atom stereocenters. The number of hydrogen-bond donors (Lipinski definition) is 2. The highest BCUT2D eigenvalue weighted by atomic mass is 15.1. The highest BCUT2D eigenvalue weighted by Crippen LogP contribution is 2.09. The molecular weight excluding hydrogens is 150 g/mol. The number of nitrogens with two attached hydrogens (primary N) is 1. The molecule has 0 aliphatic carbocycles. The maximum atomic E-state index is 5.88. The van der Waals surface area contributed by atoms with Crippen molar-refractivity contribution in [2.45, 2.75) is 31.3 Å². The van der Waals surface area contributed by atoms with E-state index in [1.807, 2.05) is 0 Å². The first-order valence-corrected chi connectivity index (χ1v) is 4.82. The third-order valence-corrected chi connectivity index (χ3v) is 2.46. The normalized spacial score (nSPS) is 31.0. The number of piperidine rings is 1. The standard InChI is InChI=1S/C9H21N3/c1-12(2)6-4-9-7-8(10)3-5-11-9/h8-9,11H,3-7,10H2,1-2H3/t8-,9+/m0/s1. The van der Waals surface area contributed by atoms with Crippen molar-refractivity contribution < 1.29 is 0 Å². The molecule has 0 bridgehead atoms. The van der Waals surface area contributed by atoms with E-state index in [1.165, 1.54) is 6.42 Å². The fraction of sp³-hybridized carbons (Fsp3) is 1.00. The van der Waals surface area contributed by atoms with Crippen molar-refractivity contribution in [1.82, 2.24) is 10.2 Å². The van der Waals surface area contributed by atoms with Gasteiger partial charge in [0.15, 0.2) is 0 Å². The van der Waals surface area contributed by atoms with Crippen LogP contribution in [-0.4, -0.2) is 44.2 Å². The summed E-state index contributed by atoms with van der Waals surface area (Å²) in [7, 11) is 4.23. The Morgan fingerprint density at radius 3 is 2.83 bits per heavy atom. The van der Waals surface area contributed by atoms with Gasteiger partial charge in [0, 0.05) is 12.1 Å². The first kappa shape index (κ1) is 9.96. The highest BCUT2D eigenvalue weighted by Gasteiger charge is 2.17. The van der Waals surface area contributed by atoms with Crippen LogP contribution in [0, 0.1) is 0 Å². The molecule has 12 heavy (non-hydrogen) atoms. The van der Waals surface area contributed by atoms with Crippen molar-refractivity contribution in [3.63, 3.8) is 0 Å². The van der Waals surface area contributed by atoms with Gasteiger partial charge in [0.25, 0.3) is 0 Å². The Morgan fingerprint density at radius 2 is 2.25 bits per heavy atom. The van der Waals surface area contributed by atoms with Gasteiger partial charge in [0.2, 0.25) is 0 Å². The number of nitrogens with zero attached hydrogens (tertiary/aromatic N) is 1. The molecule has 0 spiro atoms. The minimum atomic E-state index is 0.429. The zero-order valence-corrected chi connectivity index (χ0v) is 8.21. The molecule has 1 saturated heterocycles. The number of rotatable bonds is 3. The van der Waals surface area contributed by atoms with Crippen LogP contribution in [0.15, 0.2) is 0 Å². The molecule has 3 nitrogen and oxygen atoms in total. The molecule has 1 heterocycles. The molecule has 72 valence electrons. The Hall–Kier alpha value is -0.120. The van der Waals surface area contributed by atoms with Crippen LogP contribution in [0.4, 0.5) is 0 Å². The van der Waals surface area contributed by atoms with Crippen LogP contribution in [0.25, 0.3) is 0 Å². The Bertz CT molecular complexity index is 125. The summed E-state index contributed by atoms with van der Waals surface area (Å²) in [4.78, 5) is 2.22. The molecule has 1 aliphatic rings. The summed E-state index contributed by atoms with van der Waals surface area (Å²) in [5.41, 5.74) is 5.88. The van der Waals surface area contributed by atoms with Crippen LogP contribution < -0.4 is 11.1 Å². The molecule has 2 atom stereocenters. The van der Waals surface area contributed by atoms with E-state index in [1.54, 1.807) is 0 Å². The van der Waals surface area contributed by atoms with Crippen molar-refractivity contribution in [2.75, 3.05) is 27.2 Å². The first-order chi connectivity index (χ1) is 5.68. The molecule has 3 heteroatoms. The maximum absolute atomic E-state index is 5.88. The second-order valence-corrected chi connectivity index (χ2v) is 4.03. The third kappa shape index (κ3) is 3.52. The summed E-state index contributed by atoms with van der Waals surface area (Å²) in [5.74, 6) is 0. The lowest BCUT2D eigenvalue weighted by atomic mass is 9.98. The van der Waals surface area contributed by atoms with Gasteiger partial charge < -0.3 is 16.0 Å². The summed E-state index contributed by atoms with van der Waals surface area (Å²) >= 11 is 0. The van der Waals surface area contributed by atoms with E-state index in [4.69, 9.17) is 5.73 Å². The zero-order valence-electron chi connectivity index (χ0n) is 8.21. The largest absolute Gasteiger partial charge is 0.328 e. The summed E-state index contributed by atoms with van der Waals surface area (Å²) in [6, 6.07) is 1.08. The van der Waals surface area contributed by atoms with Crippen LogP contribution >= 0.6 is 0 Å². The van der Waals surface area contributed by atoms with E-state index < -0.39 is 0 Å². The third-order valence-electron chi connectivity index (χ3n) is 2.46. The Morgan fingerprint density at radius 1 is 1.50 bits per heavy atom. The smallest absolute Gasteiger partial charge is 0.00939 e. The predicted molar refractivity (Wildman–Crippen MR) is 52.2 cm³/mol. The Balaban J connectivity index is 2.14. The molecule has 0 aromatic heterocycles. The van der Waals surface area contributed by atoms with Gasteiger partial charge in [-0.05, 0) is 46.4 Å². The van der Waals surface area contributed by atoms with Gasteiger partial charge in [-0.25, -0.2) is 0 Å². The zero-order chi connectivity index (χ0) is 8.97. The molecule has 0 aromatic carbocycles. The lowest BCUT2D eigenvalue weighted by Crippen LogP contribution is -2.44. The molecule has 0 amide bonds. The minimum absolute atomic E-state index is 0.429. The predicted octanol–water partition coefficient (Wildman–Crippen LogP) is 0.0174. The summed E-state index contributed by atoms with van der Waals surface area (Å²) < 4.78 is 0. The lowest BCUT2D eigenvalue weighted by molar-refractivity contribution is 0.305. The Kier molecular flexibility index (Phi) is 3.98. The lowest BCUT2D eigenvalue weighted by Gasteiger charge is -2.28. The summed E-state index contributed by atoms with van der Waals surface area (Å²) in [6.45, 7) is 2.25. The van der Waals surface area contributed by atoms with E-state index in [9.17, 15) is 0 Å². The van der Waals surface area contributed by atoms with E-state index in [2.05, 4.69) is 24.3 Å². The van der Waals surface area contributed by atoms with Crippen molar-refractivity contribution in [3.8, 4) is 0 Å². The number of nitrogens with one attached hydrogen (secondary N) is 1. The monoisotopic (exact) mass is 171 g/mol. The van der Waals surface area contributed by atoms with Gasteiger partial charge in [-0.15, -0.1) is 0 Å². The van der Waals surface area contributed by atoms with Crippen molar-refractivity contribution in [3.05, 3.63) is 0 Å². The quantitative estimate of drug-likeness (QED) is 0.629. The van der Waals surface area contributed by atoms with E-state index >= 15 is 0 Å². The molecule has 1 fully saturated rings. The Labute approximate surface area is 75.3 Å². The van der Waals surface area contributed by atoms with Gasteiger partial charge in [-0.1, -0.05) is 0 Å². The molecule has 3 N–H and O–H groups in total. The summed E-state index contributed by atoms with van der Waals surface area (Å²) in [6.07, 6.45) is 3.51. The average molecular weight is 171 g/mol. The fourth-order valence-electron chi connectivity index (χ4n) is 1.67. The van der Waals surface area contributed by atoms with Crippen LogP contribution in [0.3, 0.4) is 0 Å². The van der Waals surface area contributed by atoms with Gasteiger partial charge in [0.05, 0.1) is 0 Å². The molecule has 0 radical (unpaired) electrons. The van der Waals surface area contributed by atoms with Crippen molar-refractivity contribution in [1.29, 1.82) is 0 Å². The molecule has 1 aliphatic heterocycles. The van der Waals surface area contributed by atoms with Crippen molar-refractivity contribution >= 4 is 0 Å². The average Bonchev–Trinajstić information content (AvgIpc) is 2.01. The maximum Gasteiger partial charge on any atom is 0.00939 e. The van der Waals surface area contributed by atoms with E-state index in [-0.39, 0.29) is 0 Å². The van der Waals surface area contributed by atoms with Gasteiger partial charge in [-0.3, -0.25) is 0 Å². The topological polar surface area (TPSA) is 41.3 Å². The van der Waals surface area contributed by atoms with E-state index in [0.29, 0.717) is 12.1 Å². The van der Waals surface area contributed by atoms with Gasteiger partial charge in [0.1, 0.15) is 0 Å². The first-order valence-electron chi connectivity index (χ1n) is 4.82. The summed E-state index contributed by atoms with van der Waals surface area (Å²) in [5, 5.41) is 3.50. The molecule has 0 aromatic rings. The van der Waals surface area contributed by atoms with Crippen molar-refractivity contribution in [2.24, 2.45) is 5.73 Å². The fourth-order valence-corrected chi connectivity index (χ4v) is 1.67. The van der Waals surface area contributed by atoms with Gasteiger partial charge >= 0.3 is 0 Å². The second-order valence-electron chi connectivity index (χ2n) is 4.03.